The van der Waals surface area contributed by atoms with E-state index in [2.05, 4.69) is 20.4 Å². The Labute approximate surface area is 120 Å². The number of ketones is 1. The van der Waals surface area contributed by atoms with E-state index in [1.165, 1.54) is 14.0 Å². The summed E-state index contributed by atoms with van der Waals surface area (Å²) in [4.78, 5) is 38.6. The second-order valence-electron chi connectivity index (χ2n) is 3.95. The van der Waals surface area contributed by atoms with E-state index in [0.29, 0.717) is 11.7 Å². The molecule has 1 rings (SSSR count). The fourth-order valence-electron chi connectivity index (χ4n) is 1.35. The van der Waals surface area contributed by atoms with Gasteiger partial charge in [0.05, 0.1) is 13.7 Å². The van der Waals surface area contributed by atoms with E-state index in [1.54, 1.807) is 0 Å². The molecule has 0 aliphatic carbocycles. The number of nitrogens with one attached hydrogen (secondary N) is 2. The molecule has 8 heteroatoms. The summed E-state index contributed by atoms with van der Waals surface area (Å²) in [6.07, 6.45) is 0.851. The van der Waals surface area contributed by atoms with Gasteiger partial charge < -0.3 is 15.4 Å². The lowest BCUT2D eigenvalue weighted by molar-refractivity contribution is -0.119. The Morgan fingerprint density at radius 1 is 1.35 bits per heavy atom. The number of esters is 1. The second-order valence-corrected chi connectivity index (χ2v) is 4.95. The summed E-state index contributed by atoms with van der Waals surface area (Å²) in [6.45, 7) is 3.93. The molecule has 2 N–H and O–H groups in total. The van der Waals surface area contributed by atoms with Crippen LogP contribution in [0.15, 0.2) is 0 Å². The Balaban J connectivity index is 2.74. The van der Waals surface area contributed by atoms with Crippen LogP contribution >= 0.6 is 11.3 Å². The number of thiazole rings is 1. The minimum Gasteiger partial charge on any atom is -0.464 e. The van der Waals surface area contributed by atoms with Crippen molar-refractivity contribution in [1.82, 2.24) is 10.3 Å². The zero-order valence-corrected chi connectivity index (χ0v) is 12.4. The van der Waals surface area contributed by atoms with Crippen LogP contribution in [0.4, 0.5) is 5.13 Å². The smallest absolute Gasteiger partial charge is 0.358 e. The predicted molar refractivity (Wildman–Crippen MR) is 75.2 cm³/mol. The number of rotatable bonds is 7. The van der Waals surface area contributed by atoms with Crippen molar-refractivity contribution < 1.29 is 19.1 Å². The summed E-state index contributed by atoms with van der Waals surface area (Å²) in [6, 6.07) is 0. The number of amides is 1. The molecule has 0 saturated heterocycles. The van der Waals surface area contributed by atoms with E-state index in [9.17, 15) is 14.4 Å². The molecule has 0 fully saturated rings. The molecule has 1 heterocycles. The van der Waals surface area contributed by atoms with E-state index in [0.717, 1.165) is 17.8 Å². The van der Waals surface area contributed by atoms with Crippen molar-refractivity contribution in [3.8, 4) is 0 Å². The van der Waals surface area contributed by atoms with Gasteiger partial charge in [0.15, 0.2) is 16.6 Å². The highest BCUT2D eigenvalue weighted by Crippen LogP contribution is 2.24. The Morgan fingerprint density at radius 3 is 2.60 bits per heavy atom. The Kier molecular flexibility index (Phi) is 6.10. The highest BCUT2D eigenvalue weighted by atomic mass is 32.1. The van der Waals surface area contributed by atoms with Crippen LogP contribution in [0, 0.1) is 0 Å². The van der Waals surface area contributed by atoms with Crippen molar-refractivity contribution >= 4 is 34.1 Å². The minimum atomic E-state index is -0.671. The average Bonchev–Trinajstić information content (AvgIpc) is 2.86. The molecule has 110 valence electrons. The van der Waals surface area contributed by atoms with Crippen molar-refractivity contribution in [1.29, 1.82) is 0 Å². The third-order valence-corrected chi connectivity index (χ3v) is 3.41. The molecule has 20 heavy (non-hydrogen) atoms. The second kappa shape index (κ2) is 7.59. The number of Topliss-reactive ketones (excluding diaryl/α,β-unsaturated/α-hetero) is 1. The molecule has 0 unspecified atom stereocenters. The molecule has 0 bridgehead atoms. The summed E-state index contributed by atoms with van der Waals surface area (Å²) in [5.74, 6) is -1.12. The molecule has 0 spiro atoms. The molecular formula is C12H17N3O4S. The molecule has 1 amide bonds. The highest BCUT2D eigenvalue weighted by molar-refractivity contribution is 7.17. The van der Waals surface area contributed by atoms with Gasteiger partial charge in [-0.1, -0.05) is 18.3 Å². The maximum absolute atomic E-state index is 11.5. The Bertz CT molecular complexity index is 513. The van der Waals surface area contributed by atoms with Crippen LogP contribution in [-0.2, 0) is 9.53 Å². The molecule has 0 aliphatic rings. The summed E-state index contributed by atoms with van der Waals surface area (Å²) in [5.41, 5.74) is -0.0264. The summed E-state index contributed by atoms with van der Waals surface area (Å²) < 4.78 is 4.57. The lowest BCUT2D eigenvalue weighted by Crippen LogP contribution is -2.30. The van der Waals surface area contributed by atoms with Crippen LogP contribution in [-0.4, -0.2) is 42.8 Å². The lowest BCUT2D eigenvalue weighted by atomic mass is 10.3. The molecule has 7 nitrogen and oxygen atoms in total. The van der Waals surface area contributed by atoms with Gasteiger partial charge in [-0.2, -0.15) is 0 Å². The van der Waals surface area contributed by atoms with Gasteiger partial charge in [0, 0.05) is 13.5 Å². The number of carbonyl (C=O) groups excluding carboxylic acids is 3. The first-order valence-electron chi connectivity index (χ1n) is 6.10. The van der Waals surface area contributed by atoms with Gasteiger partial charge in [-0.25, -0.2) is 9.78 Å². The zero-order valence-electron chi connectivity index (χ0n) is 11.6. The summed E-state index contributed by atoms with van der Waals surface area (Å²) in [7, 11) is 1.22. The molecule has 0 aromatic carbocycles. The van der Waals surface area contributed by atoms with E-state index in [1.807, 2.05) is 6.92 Å². The number of ether oxygens (including phenoxy) is 1. The number of hydrogen-bond acceptors (Lipinski definition) is 7. The third-order valence-electron chi connectivity index (χ3n) is 2.30. The normalized spacial score (nSPS) is 9.95. The fraction of sp³-hybridized carbons (Fsp3) is 0.500. The zero-order chi connectivity index (χ0) is 15.1. The molecule has 1 aromatic heterocycles. The van der Waals surface area contributed by atoms with E-state index >= 15 is 0 Å². The van der Waals surface area contributed by atoms with Gasteiger partial charge in [-0.3, -0.25) is 9.59 Å². The van der Waals surface area contributed by atoms with Crippen molar-refractivity contribution in [2.45, 2.75) is 20.3 Å². The van der Waals surface area contributed by atoms with Crippen LogP contribution in [0.2, 0.25) is 0 Å². The van der Waals surface area contributed by atoms with Crippen molar-refractivity contribution in [2.75, 3.05) is 25.5 Å². The van der Waals surface area contributed by atoms with Crippen LogP contribution in [0.5, 0.6) is 0 Å². The van der Waals surface area contributed by atoms with E-state index in [4.69, 9.17) is 0 Å². The average molecular weight is 299 g/mol. The van der Waals surface area contributed by atoms with Crippen LogP contribution < -0.4 is 10.6 Å². The molecule has 0 saturated carbocycles. The third kappa shape index (κ3) is 4.30. The molecule has 0 atom stereocenters. The van der Waals surface area contributed by atoms with Gasteiger partial charge in [0.2, 0.25) is 5.91 Å². The number of aromatic nitrogens is 1. The maximum atomic E-state index is 11.5. The standard InChI is InChI=1S/C12H17N3O4S/c1-4-5-13-8(17)6-14-12-15-9(11(18)19-3)10(20-12)7(2)16/h4-6H2,1-3H3,(H,13,17)(H,14,15). The quantitative estimate of drug-likeness (QED) is 0.577. The van der Waals surface area contributed by atoms with Crippen molar-refractivity contribution in [3.05, 3.63) is 10.6 Å². The number of nitrogens with zero attached hydrogens (tertiary/aromatic N) is 1. The highest BCUT2D eigenvalue weighted by Gasteiger charge is 2.21. The van der Waals surface area contributed by atoms with Gasteiger partial charge in [-0.15, -0.1) is 0 Å². The first kappa shape index (κ1) is 16.1. The van der Waals surface area contributed by atoms with Crippen LogP contribution in [0.25, 0.3) is 0 Å². The Morgan fingerprint density at radius 2 is 2.05 bits per heavy atom. The van der Waals surface area contributed by atoms with Crippen LogP contribution in [0.3, 0.4) is 0 Å². The van der Waals surface area contributed by atoms with E-state index < -0.39 is 5.97 Å². The fourth-order valence-corrected chi connectivity index (χ4v) is 2.20. The van der Waals surface area contributed by atoms with Gasteiger partial charge in [-0.05, 0) is 6.42 Å². The number of anilines is 1. The number of hydrogen-bond donors (Lipinski definition) is 2. The number of carbonyl (C=O) groups is 3. The lowest BCUT2D eigenvalue weighted by Gasteiger charge is -2.03. The van der Waals surface area contributed by atoms with Crippen LogP contribution in [0.1, 0.15) is 40.4 Å². The summed E-state index contributed by atoms with van der Waals surface area (Å²) >= 11 is 1.02. The molecular weight excluding hydrogens is 282 g/mol. The van der Waals surface area contributed by atoms with Gasteiger partial charge >= 0.3 is 5.97 Å². The summed E-state index contributed by atoms with van der Waals surface area (Å²) in [5, 5.41) is 5.82. The van der Waals surface area contributed by atoms with Crippen molar-refractivity contribution in [2.24, 2.45) is 0 Å². The van der Waals surface area contributed by atoms with Gasteiger partial charge in [0.1, 0.15) is 4.88 Å². The Hall–Kier alpha value is -1.96. The maximum Gasteiger partial charge on any atom is 0.358 e. The first-order valence-corrected chi connectivity index (χ1v) is 6.91. The van der Waals surface area contributed by atoms with Crippen molar-refractivity contribution in [3.63, 3.8) is 0 Å². The number of methoxy groups -OCH3 is 1. The first-order chi connectivity index (χ1) is 9.49. The van der Waals surface area contributed by atoms with Gasteiger partial charge in [0.25, 0.3) is 0 Å². The van der Waals surface area contributed by atoms with E-state index in [-0.39, 0.29) is 28.8 Å². The largest absolute Gasteiger partial charge is 0.464 e. The molecule has 0 aliphatic heterocycles. The molecule has 1 aromatic rings. The minimum absolute atomic E-state index is 0.0264. The topological polar surface area (TPSA) is 97.4 Å². The monoisotopic (exact) mass is 299 g/mol. The SMILES string of the molecule is CCCNC(=O)CNc1nc(C(=O)OC)c(C(C)=O)s1. The molecule has 0 radical (unpaired) electrons. The predicted octanol–water partition coefficient (Wildman–Crippen LogP) is 1.07.